The van der Waals surface area contributed by atoms with Crippen molar-refractivity contribution < 1.29 is 0 Å². The minimum Gasteiger partial charge on any atom is -0.308 e. The molecule has 1 atom stereocenters. The highest BCUT2D eigenvalue weighted by molar-refractivity contribution is 7.09. The van der Waals surface area contributed by atoms with Crippen molar-refractivity contribution in [3.8, 4) is 0 Å². The Morgan fingerprint density at radius 2 is 2.10 bits per heavy atom. The highest BCUT2D eigenvalue weighted by Gasteiger charge is 2.51. The molecule has 0 radical (unpaired) electrons. The third-order valence-electron chi connectivity index (χ3n) is 6.20. The summed E-state index contributed by atoms with van der Waals surface area (Å²) in [5.74, 6) is 0.921. The number of nitrogens with one attached hydrogen (secondary N) is 1. The van der Waals surface area contributed by atoms with Gasteiger partial charge in [-0.05, 0) is 50.0 Å². The van der Waals surface area contributed by atoms with Crippen molar-refractivity contribution in [3.63, 3.8) is 0 Å². The van der Waals surface area contributed by atoms with Crippen LogP contribution in [-0.4, -0.2) is 29.1 Å². The largest absolute Gasteiger partial charge is 0.308 e. The SMILES string of the molecule is CC1(C2CC2)CN(Cc2cccs2)C2(CCCCC2)CN1. The molecule has 0 aromatic carbocycles. The van der Waals surface area contributed by atoms with E-state index in [1.54, 1.807) is 4.88 Å². The zero-order valence-corrected chi connectivity index (χ0v) is 14.1. The van der Waals surface area contributed by atoms with Crippen LogP contribution in [0.5, 0.6) is 0 Å². The molecular formula is C18H28N2S. The molecule has 3 heteroatoms. The van der Waals surface area contributed by atoms with E-state index in [0.29, 0.717) is 11.1 Å². The Labute approximate surface area is 132 Å². The van der Waals surface area contributed by atoms with Crippen LogP contribution in [0.1, 0.15) is 56.7 Å². The second-order valence-corrected chi connectivity index (χ2v) is 8.80. The Bertz CT molecular complexity index is 473. The summed E-state index contributed by atoms with van der Waals surface area (Å²) in [6, 6.07) is 4.52. The van der Waals surface area contributed by atoms with E-state index in [1.807, 2.05) is 11.3 Å². The summed E-state index contributed by atoms with van der Waals surface area (Å²) in [5.41, 5.74) is 0.802. The zero-order valence-electron chi connectivity index (χ0n) is 13.2. The summed E-state index contributed by atoms with van der Waals surface area (Å²) >= 11 is 1.93. The Hall–Kier alpha value is -0.380. The van der Waals surface area contributed by atoms with Gasteiger partial charge < -0.3 is 5.32 Å². The van der Waals surface area contributed by atoms with Gasteiger partial charge in [0.15, 0.2) is 0 Å². The highest BCUT2D eigenvalue weighted by Crippen LogP contribution is 2.45. The summed E-state index contributed by atoms with van der Waals surface area (Å²) in [4.78, 5) is 4.41. The standard InChI is InChI=1S/C18H28N2S/c1-17(15-7-8-15)14-20(12-16-6-5-11-21-16)18(13-19-17)9-3-2-4-10-18/h5-6,11,15,19H,2-4,7-10,12-14H2,1H3. The second kappa shape index (κ2) is 5.36. The van der Waals surface area contributed by atoms with Gasteiger partial charge >= 0.3 is 0 Å². The lowest BCUT2D eigenvalue weighted by molar-refractivity contribution is -0.0259. The normalized spacial score (nSPS) is 33.4. The summed E-state index contributed by atoms with van der Waals surface area (Å²) in [6.45, 7) is 6.10. The van der Waals surface area contributed by atoms with Crippen LogP contribution < -0.4 is 5.32 Å². The lowest BCUT2D eigenvalue weighted by Gasteiger charge is -2.55. The maximum absolute atomic E-state index is 3.99. The molecule has 1 aromatic rings. The van der Waals surface area contributed by atoms with Crippen molar-refractivity contribution in [1.82, 2.24) is 10.2 Å². The van der Waals surface area contributed by atoms with Crippen LogP contribution in [0.3, 0.4) is 0 Å². The number of nitrogens with zero attached hydrogens (tertiary/aromatic N) is 1. The van der Waals surface area contributed by atoms with E-state index in [0.717, 1.165) is 5.92 Å². The number of hydrogen-bond acceptors (Lipinski definition) is 3. The molecule has 0 bridgehead atoms. The first kappa shape index (κ1) is 14.2. The molecule has 2 heterocycles. The zero-order chi connectivity index (χ0) is 14.3. The number of piperazine rings is 1. The molecule has 2 aliphatic carbocycles. The number of rotatable bonds is 3. The van der Waals surface area contributed by atoms with Gasteiger partial charge in [-0.15, -0.1) is 11.3 Å². The maximum atomic E-state index is 3.99. The predicted octanol–water partition coefficient (Wildman–Crippen LogP) is 4.02. The lowest BCUT2D eigenvalue weighted by Crippen LogP contribution is -2.69. The van der Waals surface area contributed by atoms with Gasteiger partial charge in [-0.2, -0.15) is 0 Å². The van der Waals surface area contributed by atoms with E-state index in [4.69, 9.17) is 0 Å². The first-order valence-electron chi connectivity index (χ1n) is 8.73. The molecule has 4 rings (SSSR count). The minimum absolute atomic E-state index is 0.361. The van der Waals surface area contributed by atoms with E-state index in [1.165, 1.54) is 64.6 Å². The van der Waals surface area contributed by atoms with E-state index in [2.05, 4.69) is 34.7 Å². The maximum Gasteiger partial charge on any atom is 0.0338 e. The molecule has 2 nitrogen and oxygen atoms in total. The second-order valence-electron chi connectivity index (χ2n) is 7.77. The quantitative estimate of drug-likeness (QED) is 0.907. The van der Waals surface area contributed by atoms with Crippen molar-refractivity contribution in [2.45, 2.75) is 69.5 Å². The smallest absolute Gasteiger partial charge is 0.0338 e. The molecule has 1 spiro atoms. The van der Waals surface area contributed by atoms with Gasteiger partial charge in [0.25, 0.3) is 0 Å². The summed E-state index contributed by atoms with van der Waals surface area (Å²) in [5, 5.41) is 6.22. The third-order valence-corrected chi connectivity index (χ3v) is 7.06. The predicted molar refractivity (Wildman–Crippen MR) is 89.7 cm³/mol. The minimum atomic E-state index is 0.361. The Kier molecular flexibility index (Phi) is 3.63. The van der Waals surface area contributed by atoms with Gasteiger partial charge in [-0.3, -0.25) is 4.90 Å². The van der Waals surface area contributed by atoms with Crippen LogP contribution in [0.15, 0.2) is 17.5 Å². The average Bonchev–Trinajstić information content (AvgIpc) is 3.25. The van der Waals surface area contributed by atoms with Crippen LogP contribution >= 0.6 is 11.3 Å². The lowest BCUT2D eigenvalue weighted by atomic mass is 9.75. The van der Waals surface area contributed by atoms with Crippen molar-refractivity contribution in [2.24, 2.45) is 5.92 Å². The van der Waals surface area contributed by atoms with E-state index in [-0.39, 0.29) is 0 Å². The Morgan fingerprint density at radius 3 is 2.76 bits per heavy atom. The summed E-state index contributed by atoms with van der Waals surface area (Å²) in [6.07, 6.45) is 9.94. The van der Waals surface area contributed by atoms with E-state index in [9.17, 15) is 0 Å². The van der Waals surface area contributed by atoms with Crippen LogP contribution in [0.4, 0.5) is 0 Å². The molecule has 1 aromatic heterocycles. The molecule has 3 fully saturated rings. The first-order valence-corrected chi connectivity index (χ1v) is 9.61. The molecule has 1 saturated heterocycles. The summed E-state index contributed by atoms with van der Waals surface area (Å²) < 4.78 is 0. The Morgan fingerprint density at radius 1 is 1.29 bits per heavy atom. The van der Waals surface area contributed by atoms with Crippen molar-refractivity contribution in [2.75, 3.05) is 13.1 Å². The number of thiophene rings is 1. The summed E-state index contributed by atoms with van der Waals surface area (Å²) in [7, 11) is 0. The fourth-order valence-electron chi connectivity index (χ4n) is 4.61. The molecule has 0 amide bonds. The molecule has 1 N–H and O–H groups in total. The molecule has 2 saturated carbocycles. The molecular weight excluding hydrogens is 276 g/mol. The van der Waals surface area contributed by atoms with Gasteiger partial charge in [0.1, 0.15) is 0 Å². The van der Waals surface area contributed by atoms with Gasteiger partial charge in [0, 0.05) is 35.6 Å². The van der Waals surface area contributed by atoms with E-state index < -0.39 is 0 Å². The molecule has 21 heavy (non-hydrogen) atoms. The van der Waals surface area contributed by atoms with Gasteiger partial charge in [0.05, 0.1) is 0 Å². The molecule has 1 aliphatic heterocycles. The Balaban J connectivity index is 1.57. The van der Waals surface area contributed by atoms with Crippen molar-refractivity contribution in [3.05, 3.63) is 22.4 Å². The average molecular weight is 305 g/mol. The molecule has 116 valence electrons. The molecule has 1 unspecified atom stereocenters. The van der Waals surface area contributed by atoms with Crippen LogP contribution in [0.2, 0.25) is 0 Å². The number of hydrogen-bond donors (Lipinski definition) is 1. The topological polar surface area (TPSA) is 15.3 Å². The van der Waals surface area contributed by atoms with Gasteiger partial charge in [-0.25, -0.2) is 0 Å². The molecule has 3 aliphatic rings. The third kappa shape index (κ3) is 2.69. The van der Waals surface area contributed by atoms with Crippen LogP contribution in [-0.2, 0) is 6.54 Å². The monoisotopic (exact) mass is 304 g/mol. The fourth-order valence-corrected chi connectivity index (χ4v) is 5.33. The highest BCUT2D eigenvalue weighted by atomic mass is 32.1. The van der Waals surface area contributed by atoms with Crippen molar-refractivity contribution >= 4 is 11.3 Å². The van der Waals surface area contributed by atoms with Crippen molar-refractivity contribution in [1.29, 1.82) is 0 Å². The van der Waals surface area contributed by atoms with Gasteiger partial charge in [-0.1, -0.05) is 25.3 Å². The van der Waals surface area contributed by atoms with E-state index >= 15 is 0 Å². The van der Waals surface area contributed by atoms with Crippen LogP contribution in [0.25, 0.3) is 0 Å². The first-order chi connectivity index (χ1) is 10.2. The fraction of sp³-hybridized carbons (Fsp3) is 0.778. The van der Waals surface area contributed by atoms with Gasteiger partial charge in [0.2, 0.25) is 0 Å². The van der Waals surface area contributed by atoms with Crippen LogP contribution in [0, 0.1) is 5.92 Å².